The van der Waals surface area contributed by atoms with Crippen molar-refractivity contribution in [1.29, 1.82) is 0 Å². The van der Waals surface area contributed by atoms with Crippen LogP contribution in [0.4, 0.5) is 30.6 Å². The lowest BCUT2D eigenvalue weighted by Crippen LogP contribution is -2.45. The monoisotopic (exact) mass is 414 g/mol. The molecular weight excluding hydrogens is 396 g/mol. The number of tetrazole rings is 1. The van der Waals surface area contributed by atoms with Crippen LogP contribution in [0.25, 0.3) is 11.4 Å². The van der Waals surface area contributed by atoms with Crippen LogP contribution < -0.4 is 15.1 Å². The maximum atomic E-state index is 13.3. The Bertz CT molecular complexity index is 1090. The number of carbonyl (C=O) groups excluding carboxylic acids is 2. The number of benzene rings is 2. The van der Waals surface area contributed by atoms with Crippen molar-refractivity contribution in [2.75, 3.05) is 24.7 Å². The van der Waals surface area contributed by atoms with Gasteiger partial charge in [-0.3, -0.25) is 0 Å². The van der Waals surface area contributed by atoms with E-state index < -0.39 is 17.7 Å². The summed E-state index contributed by atoms with van der Waals surface area (Å²) in [6, 6.07) is 6.74. The maximum Gasteiger partial charge on any atom is 0.342 e. The number of hydrogen-bond acceptors (Lipinski definition) is 5. The second-order valence-electron chi connectivity index (χ2n) is 6.70. The Morgan fingerprint density at radius 3 is 2.40 bits per heavy atom. The Morgan fingerprint density at radius 2 is 1.80 bits per heavy atom. The second kappa shape index (κ2) is 8.17. The van der Waals surface area contributed by atoms with Gasteiger partial charge in [-0.05, 0) is 23.4 Å². The summed E-state index contributed by atoms with van der Waals surface area (Å²) in [4.78, 5) is 24.6. The van der Waals surface area contributed by atoms with Crippen LogP contribution in [-0.4, -0.2) is 46.7 Å². The highest BCUT2D eigenvalue weighted by atomic mass is 19.1. The molecule has 3 N–H and O–H groups in total. The fourth-order valence-electron chi connectivity index (χ4n) is 2.72. The van der Waals surface area contributed by atoms with Crippen LogP contribution in [0.5, 0.6) is 0 Å². The first-order valence-corrected chi connectivity index (χ1v) is 8.64. The van der Waals surface area contributed by atoms with E-state index in [0.717, 1.165) is 12.1 Å². The fraction of sp³-hybridized carbons (Fsp3) is 0.105. The number of aromatic nitrogens is 4. The van der Waals surface area contributed by atoms with E-state index in [4.69, 9.17) is 0 Å². The van der Waals surface area contributed by atoms with Gasteiger partial charge in [-0.2, -0.15) is 5.21 Å². The largest absolute Gasteiger partial charge is 0.342 e. The van der Waals surface area contributed by atoms with Crippen molar-refractivity contribution in [1.82, 2.24) is 25.1 Å². The van der Waals surface area contributed by atoms with Crippen molar-refractivity contribution in [3.8, 4) is 11.4 Å². The van der Waals surface area contributed by atoms with Crippen LogP contribution in [0.3, 0.4) is 0 Å². The number of likely N-dealkylation sites (N-methyl/N-ethyl adjacent to an activating group) is 1. The van der Waals surface area contributed by atoms with Gasteiger partial charge in [-0.1, -0.05) is 6.58 Å². The van der Waals surface area contributed by atoms with Gasteiger partial charge in [0.1, 0.15) is 17.3 Å². The lowest BCUT2D eigenvalue weighted by Gasteiger charge is -2.25. The number of hydrogen-bond donors (Lipinski definition) is 3. The molecule has 0 aliphatic heterocycles. The normalized spacial score (nSPS) is 11.1. The van der Waals surface area contributed by atoms with Crippen molar-refractivity contribution < 1.29 is 18.4 Å². The molecule has 0 atom stereocenters. The van der Waals surface area contributed by atoms with Gasteiger partial charge in [0.15, 0.2) is 0 Å². The fourth-order valence-corrected chi connectivity index (χ4v) is 2.72. The molecule has 3 amide bonds. The van der Waals surface area contributed by atoms with Crippen LogP contribution in [0.2, 0.25) is 0 Å². The zero-order valence-electron chi connectivity index (χ0n) is 16.1. The first-order valence-electron chi connectivity index (χ1n) is 8.64. The van der Waals surface area contributed by atoms with E-state index in [1.165, 1.54) is 6.08 Å². The highest BCUT2D eigenvalue weighted by Crippen LogP contribution is 2.32. The van der Waals surface area contributed by atoms with Crippen LogP contribution in [0, 0.1) is 11.6 Å². The quantitative estimate of drug-likeness (QED) is 0.439. The first kappa shape index (κ1) is 20.7. The lowest BCUT2D eigenvalue weighted by atomic mass is 10.1. The van der Waals surface area contributed by atoms with Gasteiger partial charge in [0, 0.05) is 30.0 Å². The molecule has 0 saturated carbocycles. The maximum absolute atomic E-state index is 13.3. The minimum absolute atomic E-state index is 0.0582. The molecule has 9 nitrogen and oxygen atoms in total. The van der Waals surface area contributed by atoms with Crippen molar-refractivity contribution in [3.05, 3.63) is 60.7 Å². The SMILES string of the molecule is C=CC(=O)[N+](C)(C)c1ccc(NC(=O)Nc2cc(F)cc(F)c2)c(-c2nn[nH]n2)c1. The summed E-state index contributed by atoms with van der Waals surface area (Å²) >= 11 is 0. The third-order valence-electron chi connectivity index (χ3n) is 4.33. The summed E-state index contributed by atoms with van der Waals surface area (Å²) in [5.74, 6) is -1.72. The number of nitrogens with one attached hydrogen (secondary N) is 3. The molecule has 0 unspecified atom stereocenters. The Labute approximate surface area is 170 Å². The molecule has 3 aromatic rings. The van der Waals surface area contributed by atoms with E-state index >= 15 is 0 Å². The van der Waals surface area contributed by atoms with E-state index in [1.807, 2.05) is 0 Å². The third-order valence-corrected chi connectivity index (χ3v) is 4.33. The predicted molar refractivity (Wildman–Crippen MR) is 107 cm³/mol. The average Bonchev–Trinajstić information content (AvgIpc) is 3.21. The summed E-state index contributed by atoms with van der Waals surface area (Å²) in [6.07, 6.45) is 1.21. The molecule has 2 aromatic carbocycles. The summed E-state index contributed by atoms with van der Waals surface area (Å²) in [5.41, 5.74) is 1.19. The average molecular weight is 414 g/mol. The Hall–Kier alpha value is -3.99. The topological polar surface area (TPSA) is 113 Å². The zero-order valence-corrected chi connectivity index (χ0v) is 16.1. The molecule has 0 radical (unpaired) electrons. The van der Waals surface area contributed by atoms with Gasteiger partial charge in [-0.25, -0.2) is 22.9 Å². The van der Waals surface area contributed by atoms with E-state index in [-0.39, 0.29) is 21.9 Å². The summed E-state index contributed by atoms with van der Waals surface area (Å²) in [5, 5.41) is 18.6. The smallest absolute Gasteiger partial charge is 0.308 e. The van der Waals surface area contributed by atoms with Gasteiger partial charge in [0.05, 0.1) is 25.3 Å². The first-order chi connectivity index (χ1) is 14.2. The number of amides is 3. The molecule has 1 heterocycles. The van der Waals surface area contributed by atoms with Crippen LogP contribution in [0.1, 0.15) is 0 Å². The van der Waals surface area contributed by atoms with E-state index in [2.05, 4.69) is 37.8 Å². The van der Waals surface area contributed by atoms with Crippen LogP contribution in [0.15, 0.2) is 49.1 Å². The molecule has 0 aliphatic carbocycles. The molecule has 0 saturated heterocycles. The van der Waals surface area contributed by atoms with E-state index in [9.17, 15) is 18.4 Å². The van der Waals surface area contributed by atoms with Crippen molar-refractivity contribution in [2.24, 2.45) is 0 Å². The van der Waals surface area contributed by atoms with E-state index in [1.54, 1.807) is 32.3 Å². The number of nitrogens with zero attached hydrogens (tertiary/aromatic N) is 4. The number of carbonyl (C=O) groups is 2. The molecule has 0 bridgehead atoms. The molecule has 30 heavy (non-hydrogen) atoms. The molecule has 1 aromatic heterocycles. The number of halogens is 2. The Kier molecular flexibility index (Phi) is 5.65. The molecule has 11 heteroatoms. The van der Waals surface area contributed by atoms with Gasteiger partial charge in [0.2, 0.25) is 5.82 Å². The Morgan fingerprint density at radius 1 is 1.10 bits per heavy atom. The molecule has 0 spiro atoms. The highest BCUT2D eigenvalue weighted by molar-refractivity contribution is 6.03. The van der Waals surface area contributed by atoms with Gasteiger partial charge < -0.3 is 10.6 Å². The third kappa shape index (κ3) is 4.36. The number of rotatable bonds is 5. The molecule has 0 fully saturated rings. The van der Waals surface area contributed by atoms with Crippen molar-refractivity contribution >= 4 is 29.0 Å². The van der Waals surface area contributed by atoms with E-state index in [0.29, 0.717) is 23.0 Å². The number of anilines is 2. The van der Waals surface area contributed by atoms with Crippen LogP contribution >= 0.6 is 0 Å². The lowest BCUT2D eigenvalue weighted by molar-refractivity contribution is -0.123. The summed E-state index contributed by atoms with van der Waals surface area (Å²) in [6.45, 7) is 3.51. The highest BCUT2D eigenvalue weighted by Gasteiger charge is 2.28. The number of urea groups is 1. The van der Waals surface area contributed by atoms with Crippen molar-refractivity contribution in [2.45, 2.75) is 0 Å². The van der Waals surface area contributed by atoms with Crippen molar-refractivity contribution in [3.63, 3.8) is 0 Å². The molecule has 154 valence electrons. The second-order valence-corrected chi connectivity index (χ2v) is 6.70. The van der Waals surface area contributed by atoms with Gasteiger partial charge in [-0.15, -0.1) is 10.2 Å². The molecule has 3 rings (SSSR count). The Balaban J connectivity index is 1.93. The van der Waals surface area contributed by atoms with Crippen LogP contribution in [-0.2, 0) is 4.79 Å². The molecule has 0 aliphatic rings. The zero-order chi connectivity index (χ0) is 21.9. The predicted octanol–water partition coefficient (Wildman–Crippen LogP) is 3.07. The minimum Gasteiger partial charge on any atom is -0.308 e. The van der Waals surface area contributed by atoms with Gasteiger partial charge in [0.25, 0.3) is 0 Å². The molecular formula is C19H18F2N7O2+. The number of aromatic amines is 1. The standard InChI is InChI=1S/C19H17F2N7O2/c1-4-17(29)28(2,3)14-5-6-16(15(10-14)18-24-26-27-25-18)23-19(30)22-13-8-11(20)7-12(21)9-13/h4-10H,1H2,2-3H3,(H2-,22,23,24,25,26,27,30)/p+1. The number of quaternary nitrogens is 1. The number of H-pyrrole nitrogens is 1. The summed E-state index contributed by atoms with van der Waals surface area (Å²) in [7, 11) is 3.36. The minimum atomic E-state index is -0.825. The van der Waals surface area contributed by atoms with Gasteiger partial charge >= 0.3 is 11.9 Å². The summed E-state index contributed by atoms with van der Waals surface area (Å²) < 4.78 is 26.5.